The highest BCUT2D eigenvalue weighted by atomic mass is 32.2. The van der Waals surface area contributed by atoms with Gasteiger partial charge in [0.15, 0.2) is 0 Å². The van der Waals surface area contributed by atoms with Crippen molar-refractivity contribution in [2.24, 2.45) is 0 Å². The van der Waals surface area contributed by atoms with Gasteiger partial charge in [0.2, 0.25) is 10.0 Å². The third kappa shape index (κ3) is 3.66. The van der Waals surface area contributed by atoms with E-state index in [9.17, 15) is 13.2 Å². The summed E-state index contributed by atoms with van der Waals surface area (Å²) < 4.78 is 27.2. The number of likely N-dealkylation sites (tertiary alicyclic amines) is 1. The Bertz CT molecular complexity index is 906. The predicted octanol–water partition coefficient (Wildman–Crippen LogP) is 3.30. The Balaban J connectivity index is 1.62. The first kappa shape index (κ1) is 18.6. The highest BCUT2D eigenvalue weighted by molar-refractivity contribution is 7.89. The molecule has 0 saturated carbocycles. The summed E-state index contributed by atoms with van der Waals surface area (Å²) in [6, 6.07) is 6.46. The molecule has 0 bridgehead atoms. The number of benzene rings is 1. The molecule has 1 unspecified atom stereocenters. The number of hydrogen-bond acceptors (Lipinski definition) is 5. The Morgan fingerprint density at radius 3 is 2.63 bits per heavy atom. The van der Waals surface area contributed by atoms with Crippen LogP contribution in [0.1, 0.15) is 53.5 Å². The van der Waals surface area contributed by atoms with Crippen molar-refractivity contribution in [3.8, 4) is 0 Å². The molecule has 0 radical (unpaired) electrons. The van der Waals surface area contributed by atoms with Crippen LogP contribution in [0.15, 0.2) is 40.7 Å². The zero-order valence-corrected chi connectivity index (χ0v) is 16.7. The van der Waals surface area contributed by atoms with Gasteiger partial charge in [-0.15, -0.1) is 11.3 Å². The van der Waals surface area contributed by atoms with Crippen molar-refractivity contribution >= 4 is 27.3 Å². The maximum atomic E-state index is 13.2. The molecular formula is C19H23N3O3S2. The number of carbonyl (C=O) groups excluding carboxylic acids is 1. The van der Waals surface area contributed by atoms with E-state index in [0.717, 1.165) is 37.1 Å². The molecule has 1 atom stereocenters. The summed E-state index contributed by atoms with van der Waals surface area (Å²) in [6.45, 7) is 1.78. The number of amides is 1. The molecule has 0 N–H and O–H groups in total. The first-order valence-corrected chi connectivity index (χ1v) is 11.7. The van der Waals surface area contributed by atoms with E-state index in [0.29, 0.717) is 25.2 Å². The molecule has 1 aromatic heterocycles. The van der Waals surface area contributed by atoms with E-state index in [1.807, 2.05) is 10.3 Å². The molecule has 0 spiro atoms. The largest absolute Gasteiger partial charge is 0.329 e. The van der Waals surface area contributed by atoms with Crippen LogP contribution >= 0.6 is 11.3 Å². The van der Waals surface area contributed by atoms with Crippen LogP contribution in [0.2, 0.25) is 0 Å². The molecule has 3 heterocycles. The molecule has 2 aliphatic heterocycles. The number of aromatic nitrogens is 1. The lowest BCUT2D eigenvalue weighted by molar-refractivity contribution is 0.0611. The second kappa shape index (κ2) is 7.69. The topological polar surface area (TPSA) is 70.6 Å². The number of sulfonamides is 1. The highest BCUT2D eigenvalue weighted by Gasteiger charge is 2.32. The molecule has 8 heteroatoms. The van der Waals surface area contributed by atoms with Gasteiger partial charge in [-0.05, 0) is 50.3 Å². The monoisotopic (exact) mass is 405 g/mol. The first-order chi connectivity index (χ1) is 13.1. The lowest BCUT2D eigenvalue weighted by Crippen LogP contribution is -2.38. The van der Waals surface area contributed by atoms with Crippen molar-refractivity contribution in [1.29, 1.82) is 0 Å². The van der Waals surface area contributed by atoms with Crippen molar-refractivity contribution in [3.05, 3.63) is 46.4 Å². The predicted molar refractivity (Wildman–Crippen MR) is 104 cm³/mol. The third-order valence-electron chi connectivity index (χ3n) is 5.28. The Morgan fingerprint density at radius 2 is 1.89 bits per heavy atom. The summed E-state index contributed by atoms with van der Waals surface area (Å²) in [5.41, 5.74) is 0.429. The fraction of sp³-hybridized carbons (Fsp3) is 0.474. The molecule has 4 rings (SSSR count). The van der Waals surface area contributed by atoms with E-state index in [1.54, 1.807) is 35.7 Å². The summed E-state index contributed by atoms with van der Waals surface area (Å²) in [7, 11) is -3.53. The molecule has 27 heavy (non-hydrogen) atoms. The van der Waals surface area contributed by atoms with Crippen LogP contribution in [0.25, 0.3) is 0 Å². The van der Waals surface area contributed by atoms with Gasteiger partial charge in [-0.3, -0.25) is 4.79 Å². The Hall–Kier alpha value is -1.77. The van der Waals surface area contributed by atoms with Crippen molar-refractivity contribution in [3.63, 3.8) is 0 Å². The summed E-state index contributed by atoms with van der Waals surface area (Å²) >= 11 is 1.56. The first-order valence-electron chi connectivity index (χ1n) is 9.38. The van der Waals surface area contributed by atoms with Crippen LogP contribution in [-0.4, -0.2) is 48.1 Å². The van der Waals surface area contributed by atoms with E-state index in [4.69, 9.17) is 0 Å². The summed E-state index contributed by atoms with van der Waals surface area (Å²) in [5.74, 6) is -0.117. The van der Waals surface area contributed by atoms with E-state index in [1.165, 1.54) is 10.4 Å². The standard InChI is InChI=1S/C19H23N3O3S2/c23-19(22-12-2-1-8-17(22)18-20-9-13-26-18)15-6-5-7-16(14-15)27(24,25)21-10-3-4-11-21/h5-7,9,13-14,17H,1-4,8,10-12H2. The summed E-state index contributed by atoms with van der Waals surface area (Å²) in [6.07, 6.45) is 6.46. The molecule has 2 fully saturated rings. The minimum Gasteiger partial charge on any atom is -0.329 e. The fourth-order valence-electron chi connectivity index (χ4n) is 3.86. The molecule has 2 saturated heterocycles. The minimum atomic E-state index is -3.53. The Labute approximate surface area is 163 Å². The van der Waals surface area contributed by atoms with Gasteiger partial charge in [0.05, 0.1) is 10.9 Å². The Morgan fingerprint density at radius 1 is 1.11 bits per heavy atom. The Kier molecular flexibility index (Phi) is 5.29. The summed E-state index contributed by atoms with van der Waals surface area (Å²) in [4.78, 5) is 19.7. The van der Waals surface area contributed by atoms with Crippen molar-refractivity contribution in [1.82, 2.24) is 14.2 Å². The number of thiazole rings is 1. The number of piperidine rings is 1. The number of nitrogens with zero attached hydrogens (tertiary/aromatic N) is 3. The second-order valence-corrected chi connectivity index (χ2v) is 9.88. The number of hydrogen-bond donors (Lipinski definition) is 0. The van der Waals surface area contributed by atoms with Crippen molar-refractivity contribution < 1.29 is 13.2 Å². The van der Waals surface area contributed by atoms with Crippen molar-refractivity contribution in [2.45, 2.75) is 43.0 Å². The van der Waals surface area contributed by atoms with Crippen LogP contribution in [-0.2, 0) is 10.0 Å². The van der Waals surface area contributed by atoms with Crippen molar-refractivity contribution in [2.75, 3.05) is 19.6 Å². The SMILES string of the molecule is O=C(c1cccc(S(=O)(=O)N2CCCC2)c1)N1CCCCC1c1nccs1. The van der Waals surface area contributed by atoms with Gasteiger partial charge in [-0.2, -0.15) is 4.31 Å². The lowest BCUT2D eigenvalue weighted by atomic mass is 10.0. The lowest BCUT2D eigenvalue weighted by Gasteiger charge is -2.34. The second-order valence-electron chi connectivity index (χ2n) is 7.02. The smallest absolute Gasteiger partial charge is 0.254 e. The van der Waals surface area contributed by atoms with E-state index < -0.39 is 10.0 Å². The van der Waals surface area contributed by atoms with Gasteiger partial charge in [-0.1, -0.05) is 6.07 Å². The van der Waals surface area contributed by atoms with Crippen LogP contribution in [0.3, 0.4) is 0 Å². The zero-order valence-electron chi connectivity index (χ0n) is 15.1. The molecule has 2 aromatic rings. The fourth-order valence-corrected chi connectivity index (χ4v) is 6.21. The molecular weight excluding hydrogens is 382 g/mol. The van der Waals surface area contributed by atoms with Gasteiger partial charge in [0.25, 0.3) is 5.91 Å². The molecule has 1 aromatic carbocycles. The van der Waals surface area contributed by atoms with Gasteiger partial charge in [0.1, 0.15) is 5.01 Å². The van der Waals surface area contributed by atoms with Gasteiger partial charge in [-0.25, -0.2) is 13.4 Å². The number of carbonyl (C=O) groups is 1. The zero-order chi connectivity index (χ0) is 18.9. The van der Waals surface area contributed by atoms with Gasteiger partial charge < -0.3 is 4.90 Å². The number of rotatable bonds is 4. The minimum absolute atomic E-state index is 0.0231. The quantitative estimate of drug-likeness (QED) is 0.783. The van der Waals surface area contributed by atoms with Crippen LogP contribution in [0, 0.1) is 0 Å². The van der Waals surface area contributed by atoms with Gasteiger partial charge in [0, 0.05) is 36.8 Å². The van der Waals surface area contributed by atoms with Crippen LogP contribution in [0.5, 0.6) is 0 Å². The van der Waals surface area contributed by atoms with E-state index in [-0.39, 0.29) is 16.8 Å². The maximum Gasteiger partial charge on any atom is 0.254 e. The van der Waals surface area contributed by atoms with E-state index in [2.05, 4.69) is 4.98 Å². The van der Waals surface area contributed by atoms with Crippen LogP contribution in [0.4, 0.5) is 0 Å². The molecule has 1 amide bonds. The maximum absolute atomic E-state index is 13.2. The molecule has 144 valence electrons. The third-order valence-corrected chi connectivity index (χ3v) is 8.06. The summed E-state index contributed by atoms with van der Waals surface area (Å²) in [5, 5.41) is 2.87. The molecule has 2 aliphatic rings. The van der Waals surface area contributed by atoms with E-state index >= 15 is 0 Å². The normalized spacial score (nSPS) is 21.5. The van der Waals surface area contributed by atoms with Gasteiger partial charge >= 0.3 is 0 Å². The molecule has 6 nitrogen and oxygen atoms in total. The van der Waals surface area contributed by atoms with Crippen LogP contribution < -0.4 is 0 Å². The highest BCUT2D eigenvalue weighted by Crippen LogP contribution is 2.33. The molecule has 0 aliphatic carbocycles. The average Bonchev–Trinajstić information content (AvgIpc) is 3.41. The average molecular weight is 406 g/mol.